The van der Waals surface area contributed by atoms with Crippen molar-refractivity contribution in [3.8, 4) is 0 Å². The van der Waals surface area contributed by atoms with Crippen LogP contribution in [0.4, 0.5) is 8.78 Å². The van der Waals surface area contributed by atoms with Gasteiger partial charge in [0.2, 0.25) is 0 Å². The van der Waals surface area contributed by atoms with E-state index in [4.69, 9.17) is 5.11 Å². The number of nitrogens with zero attached hydrogens (tertiary/aromatic N) is 2. The van der Waals surface area contributed by atoms with E-state index in [1.807, 2.05) is 25.0 Å². The molecule has 1 N–H and O–H groups in total. The SMILES string of the molecule is CCCCc1ccc2n1C(F)(F)N1C(=C2)B=CC1CCCCCCCCC(=O)O. The summed E-state index contributed by atoms with van der Waals surface area (Å²) in [6.07, 6.45) is 7.88. The Bertz CT molecular complexity index is 773. The van der Waals surface area contributed by atoms with Gasteiger partial charge in [-0.1, -0.05) is 0 Å². The Morgan fingerprint density at radius 3 is 2.59 bits per heavy atom. The zero-order valence-electron chi connectivity index (χ0n) is 17.2. The standard InChI is InChI=1S/C22H31BF2N2O2/c1-2-3-10-17-13-14-18-15-20-23-16-19(27(20)22(24,25)26(17)18)11-8-6-4-5-7-9-12-21(28)29/h13-16,19H,2-12H2,1H3,(H,28,29). The fourth-order valence-electron chi connectivity index (χ4n) is 4.35. The van der Waals surface area contributed by atoms with Gasteiger partial charge in [0.15, 0.2) is 0 Å². The van der Waals surface area contributed by atoms with E-state index in [9.17, 15) is 4.79 Å². The van der Waals surface area contributed by atoms with E-state index in [0.29, 0.717) is 36.2 Å². The first-order valence-electron chi connectivity index (χ1n) is 10.9. The molecule has 0 bridgehead atoms. The van der Waals surface area contributed by atoms with Crippen LogP contribution in [-0.2, 0) is 17.4 Å². The molecule has 1 unspecified atom stereocenters. The van der Waals surface area contributed by atoms with Crippen molar-refractivity contribution in [3.05, 3.63) is 29.1 Å². The number of halogens is 2. The minimum absolute atomic E-state index is 0.230. The Labute approximate surface area is 172 Å². The maximum atomic E-state index is 15.5. The Morgan fingerprint density at radius 1 is 1.14 bits per heavy atom. The summed E-state index contributed by atoms with van der Waals surface area (Å²) in [7, 11) is 0. The van der Waals surface area contributed by atoms with Crippen LogP contribution in [0.5, 0.6) is 0 Å². The van der Waals surface area contributed by atoms with Crippen molar-refractivity contribution in [1.82, 2.24) is 9.47 Å². The molecular weight excluding hydrogens is 373 g/mol. The van der Waals surface area contributed by atoms with Gasteiger partial charge in [-0.25, -0.2) is 0 Å². The molecule has 0 radical (unpaired) electrons. The number of rotatable bonds is 12. The Morgan fingerprint density at radius 2 is 1.86 bits per heavy atom. The van der Waals surface area contributed by atoms with Crippen LogP contribution < -0.4 is 0 Å². The summed E-state index contributed by atoms with van der Waals surface area (Å²) in [5.74, 6) is 1.16. The fourth-order valence-corrected chi connectivity index (χ4v) is 4.35. The molecule has 0 saturated heterocycles. The maximum absolute atomic E-state index is 15.5. The predicted octanol–water partition coefficient (Wildman–Crippen LogP) is 5.05. The second kappa shape index (κ2) is 9.72. The number of hydrogen-bond donors (Lipinski definition) is 1. The third kappa shape index (κ3) is 4.99. The van der Waals surface area contributed by atoms with Gasteiger partial charge in [0, 0.05) is 0 Å². The molecule has 158 valence electrons. The summed E-state index contributed by atoms with van der Waals surface area (Å²) < 4.78 is 32.1. The number of alkyl halides is 2. The molecule has 0 amide bonds. The molecule has 1 atom stereocenters. The van der Waals surface area contributed by atoms with E-state index in [1.54, 1.807) is 6.07 Å². The zero-order valence-corrected chi connectivity index (χ0v) is 17.2. The van der Waals surface area contributed by atoms with Gasteiger partial charge in [0.1, 0.15) is 0 Å². The molecule has 3 heterocycles. The molecule has 4 nitrogen and oxygen atoms in total. The zero-order chi connectivity index (χ0) is 20.9. The van der Waals surface area contributed by atoms with Crippen LogP contribution >= 0.6 is 0 Å². The van der Waals surface area contributed by atoms with Crippen molar-refractivity contribution in [2.45, 2.75) is 89.8 Å². The van der Waals surface area contributed by atoms with E-state index in [1.165, 1.54) is 9.47 Å². The molecule has 0 fully saturated rings. The van der Waals surface area contributed by atoms with Gasteiger partial charge < -0.3 is 0 Å². The second-order valence-electron chi connectivity index (χ2n) is 8.12. The minimum atomic E-state index is -3.04. The van der Waals surface area contributed by atoms with Crippen molar-refractivity contribution in [2.24, 2.45) is 0 Å². The Balaban J connectivity index is 1.54. The van der Waals surface area contributed by atoms with Crippen LogP contribution in [0.1, 0.15) is 82.5 Å². The first-order chi connectivity index (χ1) is 13.9. The van der Waals surface area contributed by atoms with Crippen LogP contribution in [0.25, 0.3) is 6.08 Å². The van der Waals surface area contributed by atoms with Crippen molar-refractivity contribution in [1.29, 1.82) is 0 Å². The average molecular weight is 404 g/mol. The molecule has 1 aromatic heterocycles. The number of hydrogen-bond acceptors (Lipinski definition) is 2. The van der Waals surface area contributed by atoms with Crippen LogP contribution in [-0.4, -0.2) is 39.5 Å². The van der Waals surface area contributed by atoms with Gasteiger partial charge in [-0.2, -0.15) is 0 Å². The number of fused-ring (bicyclic) bond motifs is 2. The van der Waals surface area contributed by atoms with E-state index in [-0.39, 0.29) is 12.5 Å². The molecule has 0 aromatic carbocycles. The van der Waals surface area contributed by atoms with Crippen LogP contribution in [0.3, 0.4) is 0 Å². The van der Waals surface area contributed by atoms with Gasteiger partial charge in [-0.3, -0.25) is 0 Å². The number of carboxylic acids is 1. The van der Waals surface area contributed by atoms with Crippen LogP contribution in [0.15, 0.2) is 17.7 Å². The monoisotopic (exact) mass is 404 g/mol. The first-order valence-corrected chi connectivity index (χ1v) is 10.9. The first kappa shape index (κ1) is 21.8. The van der Waals surface area contributed by atoms with Crippen molar-refractivity contribution in [2.75, 3.05) is 0 Å². The molecule has 7 heteroatoms. The number of aryl methyl sites for hydroxylation is 1. The molecule has 0 spiro atoms. The van der Waals surface area contributed by atoms with Gasteiger partial charge in [0.25, 0.3) is 0 Å². The molecule has 0 aliphatic carbocycles. The van der Waals surface area contributed by atoms with Gasteiger partial charge in [0.05, 0.1) is 0 Å². The van der Waals surface area contributed by atoms with Crippen molar-refractivity contribution >= 4 is 24.9 Å². The Hall–Kier alpha value is -1.92. The summed E-state index contributed by atoms with van der Waals surface area (Å²) in [6.45, 7) is 3.90. The number of carbonyl (C=O) groups is 1. The van der Waals surface area contributed by atoms with E-state index < -0.39 is 12.1 Å². The van der Waals surface area contributed by atoms with E-state index in [0.717, 1.165) is 44.9 Å². The summed E-state index contributed by atoms with van der Waals surface area (Å²) >= 11 is 0. The third-order valence-corrected chi connectivity index (χ3v) is 5.87. The van der Waals surface area contributed by atoms with Gasteiger partial charge in [-0.05, 0) is 0 Å². The van der Waals surface area contributed by atoms with E-state index in [2.05, 4.69) is 6.92 Å². The second-order valence-corrected chi connectivity index (χ2v) is 8.12. The van der Waals surface area contributed by atoms with Crippen LogP contribution in [0.2, 0.25) is 0 Å². The summed E-state index contributed by atoms with van der Waals surface area (Å²) in [5.41, 5.74) is 1.88. The summed E-state index contributed by atoms with van der Waals surface area (Å²) in [6, 6.07) is 3.36. The summed E-state index contributed by atoms with van der Waals surface area (Å²) in [4.78, 5) is 11.8. The third-order valence-electron chi connectivity index (χ3n) is 5.87. The van der Waals surface area contributed by atoms with Gasteiger partial charge >= 0.3 is 172 Å². The van der Waals surface area contributed by atoms with Crippen LogP contribution in [0, 0.1) is 0 Å². The topological polar surface area (TPSA) is 45.5 Å². The fraction of sp³-hybridized carbons (Fsp3) is 0.636. The number of unbranched alkanes of at least 4 members (excludes halogenated alkanes) is 6. The molecule has 2 aliphatic rings. The normalized spacial score (nSPS) is 18.9. The number of aromatic nitrogens is 1. The molecule has 0 saturated carbocycles. The molecule has 3 rings (SSSR count). The van der Waals surface area contributed by atoms with Crippen molar-refractivity contribution in [3.63, 3.8) is 0 Å². The van der Waals surface area contributed by atoms with E-state index >= 15 is 8.78 Å². The number of aliphatic carboxylic acids is 1. The molecule has 29 heavy (non-hydrogen) atoms. The molecule has 1 aromatic rings. The average Bonchev–Trinajstić information content (AvgIpc) is 3.27. The van der Waals surface area contributed by atoms with Gasteiger partial charge in [-0.15, -0.1) is 0 Å². The summed E-state index contributed by atoms with van der Waals surface area (Å²) in [5, 5.41) is 8.64. The quantitative estimate of drug-likeness (QED) is 0.301. The molecular formula is C22H31BF2N2O2. The predicted molar refractivity (Wildman–Crippen MR) is 113 cm³/mol. The number of carboxylic acid groups (broad SMARTS) is 1. The molecule has 2 aliphatic heterocycles. The van der Waals surface area contributed by atoms with Crippen molar-refractivity contribution < 1.29 is 18.7 Å². The Kier molecular flexibility index (Phi) is 7.31.